The molecule has 2 amide bonds. The number of guanidine groups is 1. The number of urea groups is 1. The molecule has 3 unspecified atom stereocenters. The maximum atomic E-state index is 12.5. The fraction of sp³-hybridized carbons (Fsp3) is 0.588. The summed E-state index contributed by atoms with van der Waals surface area (Å²) in [5, 5.41) is 22.2. The van der Waals surface area contributed by atoms with Crippen molar-refractivity contribution in [3.8, 4) is 0 Å². The lowest BCUT2D eigenvalue weighted by atomic mass is 10.2. The number of imidazole rings is 1. The highest BCUT2D eigenvalue weighted by atomic mass is 31.2. The SMILES string of the molecule is NC(N)=NC(=O)N[C@H]1CC(OP(=O)(O)OC[C@H]2O[C@@H](n3cnc4c(=O)[nH]c(N)nc43)CC2O)[C@@H](CO)O1. The van der Waals surface area contributed by atoms with Gasteiger partial charge in [-0.1, -0.05) is 0 Å². The lowest BCUT2D eigenvalue weighted by Crippen LogP contribution is -2.35. The third kappa shape index (κ3) is 6.22. The van der Waals surface area contributed by atoms with Gasteiger partial charge in [0.25, 0.3) is 5.56 Å². The predicted octanol–water partition coefficient (Wildman–Crippen LogP) is -3.06. The van der Waals surface area contributed by atoms with Crippen LogP contribution >= 0.6 is 7.82 Å². The molecule has 0 aromatic carbocycles. The standard InChI is InChI=1S/C17H26N9O10P/c18-15(19)25-17(30)22-10-2-7(8(3-27)34-10)36-37(31,32)33-4-9-6(28)1-11(35-9)26-5-21-12-13(26)23-16(20)24-14(12)29/h5-11,27-28H,1-4H2,(H,31,32)(H3,20,23,24,29)(H5,18,19,22,25,30)/t6?,7?,8-,9-,10-,11-/m1/s1. The third-order valence-electron chi connectivity index (χ3n) is 5.53. The number of phosphoric acid groups is 1. The van der Waals surface area contributed by atoms with E-state index < -0.39 is 75.5 Å². The summed E-state index contributed by atoms with van der Waals surface area (Å²) in [7, 11) is -4.74. The second-order valence-electron chi connectivity index (χ2n) is 8.18. The van der Waals surface area contributed by atoms with Gasteiger partial charge in [-0.3, -0.25) is 23.4 Å². The monoisotopic (exact) mass is 547 g/mol. The van der Waals surface area contributed by atoms with Gasteiger partial charge in [0.05, 0.1) is 25.6 Å². The highest BCUT2D eigenvalue weighted by Crippen LogP contribution is 2.48. The summed E-state index contributed by atoms with van der Waals surface area (Å²) in [6, 6.07) is -0.916. The molecule has 204 valence electrons. The zero-order valence-electron chi connectivity index (χ0n) is 19.0. The Bertz CT molecular complexity index is 1280. The number of ether oxygens (including phenoxy) is 2. The number of anilines is 1. The first-order valence-electron chi connectivity index (χ1n) is 10.8. The van der Waals surface area contributed by atoms with Crippen LogP contribution in [0.5, 0.6) is 0 Å². The molecular formula is C17H26N9O10P. The van der Waals surface area contributed by atoms with Crippen molar-refractivity contribution in [3.05, 3.63) is 16.7 Å². The zero-order valence-corrected chi connectivity index (χ0v) is 19.9. The van der Waals surface area contributed by atoms with E-state index in [1.165, 1.54) is 10.9 Å². The maximum absolute atomic E-state index is 12.5. The van der Waals surface area contributed by atoms with Crippen LogP contribution in [-0.2, 0) is 23.1 Å². The number of fused-ring (bicyclic) bond motifs is 1. The lowest BCUT2D eigenvalue weighted by Gasteiger charge is -2.21. The van der Waals surface area contributed by atoms with Crippen LogP contribution in [0.3, 0.4) is 0 Å². The number of H-pyrrole nitrogens is 1. The van der Waals surface area contributed by atoms with Gasteiger partial charge in [-0.25, -0.2) is 14.3 Å². The van der Waals surface area contributed by atoms with Crippen molar-refractivity contribution < 1.29 is 43.0 Å². The van der Waals surface area contributed by atoms with Crippen molar-refractivity contribution >= 4 is 36.9 Å². The minimum atomic E-state index is -4.74. The van der Waals surface area contributed by atoms with E-state index >= 15 is 0 Å². The topological polar surface area (TPSA) is 298 Å². The molecule has 2 aromatic rings. The molecule has 0 aliphatic carbocycles. The number of aromatic nitrogens is 4. The molecule has 37 heavy (non-hydrogen) atoms. The maximum Gasteiger partial charge on any atom is 0.472 e. The van der Waals surface area contributed by atoms with E-state index in [1.807, 2.05) is 0 Å². The van der Waals surface area contributed by atoms with Crippen LogP contribution in [0.4, 0.5) is 10.7 Å². The first-order chi connectivity index (χ1) is 17.5. The van der Waals surface area contributed by atoms with Gasteiger partial charge >= 0.3 is 13.9 Å². The molecule has 0 spiro atoms. The first-order valence-corrected chi connectivity index (χ1v) is 12.3. The molecule has 4 rings (SSSR count). The smallest absolute Gasteiger partial charge is 0.394 e. The summed E-state index contributed by atoms with van der Waals surface area (Å²) in [6.45, 7) is -1.14. The average molecular weight is 547 g/mol. The number of hydrogen-bond donors (Lipinski definition) is 8. The van der Waals surface area contributed by atoms with Crippen LogP contribution in [-0.4, -0.2) is 90.5 Å². The van der Waals surface area contributed by atoms with Gasteiger partial charge in [-0.05, 0) is 0 Å². The number of nitrogens with two attached hydrogens (primary N) is 3. The number of hydrogen-bond acceptors (Lipinski definition) is 12. The third-order valence-corrected chi connectivity index (χ3v) is 6.54. The van der Waals surface area contributed by atoms with Crippen molar-refractivity contribution in [3.63, 3.8) is 0 Å². The fourth-order valence-electron chi connectivity index (χ4n) is 3.93. The van der Waals surface area contributed by atoms with Gasteiger partial charge in [0.2, 0.25) is 5.95 Å². The predicted molar refractivity (Wildman–Crippen MR) is 122 cm³/mol. The number of amides is 2. The van der Waals surface area contributed by atoms with Gasteiger partial charge in [0.15, 0.2) is 17.1 Å². The quantitative estimate of drug-likeness (QED) is 0.0924. The number of aliphatic hydroxyl groups excluding tert-OH is 2. The molecule has 2 fully saturated rings. The average Bonchev–Trinajstić information content (AvgIpc) is 3.48. The Balaban J connectivity index is 1.34. The van der Waals surface area contributed by atoms with E-state index in [9.17, 15) is 29.3 Å². The largest absolute Gasteiger partial charge is 0.472 e. The van der Waals surface area contributed by atoms with E-state index in [4.69, 9.17) is 35.7 Å². The number of rotatable bonds is 8. The Hall–Kier alpha value is -3.16. The van der Waals surface area contributed by atoms with Gasteiger partial charge in [0, 0.05) is 12.8 Å². The van der Waals surface area contributed by atoms with E-state index in [2.05, 4.69) is 25.3 Å². The molecule has 0 bridgehead atoms. The van der Waals surface area contributed by atoms with Crippen LogP contribution in [0.25, 0.3) is 11.2 Å². The molecule has 2 aliphatic heterocycles. The van der Waals surface area contributed by atoms with E-state index in [-0.39, 0.29) is 30.0 Å². The summed E-state index contributed by atoms with van der Waals surface area (Å²) in [5.74, 6) is -0.615. The number of nitrogens with one attached hydrogen (secondary N) is 2. The highest BCUT2D eigenvalue weighted by molar-refractivity contribution is 7.47. The minimum absolute atomic E-state index is 0.0188. The molecule has 2 aliphatic rings. The van der Waals surface area contributed by atoms with Crippen LogP contribution in [0.15, 0.2) is 16.1 Å². The fourth-order valence-corrected chi connectivity index (χ4v) is 4.89. The van der Waals surface area contributed by atoms with Gasteiger partial charge in [-0.2, -0.15) is 9.98 Å². The summed E-state index contributed by atoms with van der Waals surface area (Å²) in [6.07, 6.45) is -5.00. The molecule has 0 saturated carbocycles. The van der Waals surface area contributed by atoms with Gasteiger partial charge in [0.1, 0.15) is 30.8 Å². The normalized spacial score (nSPS) is 29.3. The van der Waals surface area contributed by atoms with Crippen LogP contribution in [0.2, 0.25) is 0 Å². The minimum Gasteiger partial charge on any atom is -0.394 e. The summed E-state index contributed by atoms with van der Waals surface area (Å²) >= 11 is 0. The molecule has 19 nitrogen and oxygen atoms in total. The van der Waals surface area contributed by atoms with Crippen molar-refractivity contribution in [1.82, 2.24) is 24.8 Å². The summed E-state index contributed by atoms with van der Waals surface area (Å²) in [5.41, 5.74) is 15.4. The molecule has 20 heteroatoms. The van der Waals surface area contributed by atoms with Crippen molar-refractivity contribution in [1.29, 1.82) is 0 Å². The number of carbonyl (C=O) groups excluding carboxylic acids is 1. The lowest BCUT2D eigenvalue weighted by molar-refractivity contribution is -0.0515. The number of aliphatic imine (C=N–C) groups is 1. The Morgan fingerprint density at radius 3 is 2.81 bits per heavy atom. The van der Waals surface area contributed by atoms with Crippen LogP contribution < -0.4 is 28.1 Å². The first kappa shape index (κ1) is 26.9. The second kappa shape index (κ2) is 10.7. The number of carbonyl (C=O) groups is 1. The van der Waals surface area contributed by atoms with Gasteiger partial charge < -0.3 is 47.1 Å². The zero-order chi connectivity index (χ0) is 26.9. The summed E-state index contributed by atoms with van der Waals surface area (Å²) < 4.78 is 35.2. The van der Waals surface area contributed by atoms with E-state index in [1.54, 1.807) is 0 Å². The molecule has 2 aromatic heterocycles. The molecule has 7 atom stereocenters. The molecular weight excluding hydrogens is 521 g/mol. The Morgan fingerprint density at radius 2 is 2.11 bits per heavy atom. The summed E-state index contributed by atoms with van der Waals surface area (Å²) in [4.78, 5) is 47.4. The molecule has 11 N–H and O–H groups in total. The van der Waals surface area contributed by atoms with Crippen LogP contribution in [0.1, 0.15) is 19.1 Å². The number of aromatic amines is 1. The molecule has 0 radical (unpaired) electrons. The number of nitrogens with zero attached hydrogens (tertiary/aromatic N) is 4. The van der Waals surface area contributed by atoms with E-state index in [0.29, 0.717) is 0 Å². The Labute approximate surface area is 207 Å². The molecule has 4 heterocycles. The van der Waals surface area contributed by atoms with Crippen molar-refractivity contribution in [2.75, 3.05) is 18.9 Å². The molecule has 2 saturated heterocycles. The Morgan fingerprint density at radius 1 is 1.35 bits per heavy atom. The number of aliphatic hydroxyl groups is 2. The van der Waals surface area contributed by atoms with Crippen molar-refractivity contribution in [2.45, 2.75) is 49.7 Å². The number of phosphoric ester groups is 1. The van der Waals surface area contributed by atoms with Crippen LogP contribution in [0, 0.1) is 0 Å². The Kier molecular flexibility index (Phi) is 7.76. The van der Waals surface area contributed by atoms with Gasteiger partial charge in [-0.15, -0.1) is 0 Å². The van der Waals surface area contributed by atoms with E-state index in [0.717, 1.165) is 0 Å². The van der Waals surface area contributed by atoms with Crippen molar-refractivity contribution in [2.24, 2.45) is 16.5 Å². The number of nitrogen functional groups attached to an aromatic ring is 1. The second-order valence-corrected chi connectivity index (χ2v) is 9.59. The highest BCUT2D eigenvalue weighted by Gasteiger charge is 2.43.